The minimum absolute atomic E-state index is 0.0104. The zero-order valence-electron chi connectivity index (χ0n) is 26.0. The van der Waals surface area contributed by atoms with E-state index in [-0.39, 0.29) is 12.2 Å². The molecular formula is C40H41ClO3. The molecule has 0 aromatic heterocycles. The first kappa shape index (κ1) is 31.5. The number of aliphatic carboxylic acids is 1. The van der Waals surface area contributed by atoms with Crippen LogP contribution in [0.4, 0.5) is 0 Å². The second-order valence-corrected chi connectivity index (χ2v) is 12.5. The Morgan fingerprint density at radius 3 is 2.25 bits per heavy atom. The van der Waals surface area contributed by atoms with E-state index in [1.165, 1.54) is 36.0 Å². The molecule has 0 bridgehead atoms. The van der Waals surface area contributed by atoms with E-state index >= 15 is 0 Å². The van der Waals surface area contributed by atoms with Gasteiger partial charge in [-0.2, -0.15) is 0 Å². The lowest BCUT2D eigenvalue weighted by Crippen LogP contribution is -2.09. The minimum atomic E-state index is -0.834. The summed E-state index contributed by atoms with van der Waals surface area (Å²) in [5.74, 6) is -0.0503. The van der Waals surface area contributed by atoms with Crippen molar-refractivity contribution in [3.63, 3.8) is 0 Å². The predicted molar refractivity (Wildman–Crippen MR) is 182 cm³/mol. The van der Waals surface area contributed by atoms with Gasteiger partial charge in [0.2, 0.25) is 0 Å². The molecule has 4 aromatic carbocycles. The number of benzene rings is 4. The summed E-state index contributed by atoms with van der Waals surface area (Å²) in [4.78, 5) is 24.7. The van der Waals surface area contributed by atoms with E-state index in [4.69, 9.17) is 11.6 Å². The molecule has 1 fully saturated rings. The molecule has 0 atom stereocenters. The largest absolute Gasteiger partial charge is 0.481 e. The van der Waals surface area contributed by atoms with E-state index < -0.39 is 5.97 Å². The molecule has 1 aliphatic rings. The first-order valence-electron chi connectivity index (χ1n) is 15.8. The summed E-state index contributed by atoms with van der Waals surface area (Å²) in [5.41, 5.74) is 11.4. The molecule has 0 saturated heterocycles. The van der Waals surface area contributed by atoms with Crippen LogP contribution < -0.4 is 0 Å². The fourth-order valence-corrected chi connectivity index (χ4v) is 6.53. The second kappa shape index (κ2) is 14.2. The fraction of sp³-hybridized carbons (Fsp3) is 0.300. The Morgan fingerprint density at radius 1 is 0.886 bits per heavy atom. The van der Waals surface area contributed by atoms with E-state index in [2.05, 4.69) is 60.7 Å². The predicted octanol–water partition coefficient (Wildman–Crippen LogP) is 10.6. The number of aryl methyl sites for hydroxylation is 3. The highest BCUT2D eigenvalue weighted by molar-refractivity contribution is 6.33. The van der Waals surface area contributed by atoms with Crippen LogP contribution >= 0.6 is 11.6 Å². The van der Waals surface area contributed by atoms with Crippen molar-refractivity contribution in [3.8, 4) is 22.3 Å². The Labute approximate surface area is 266 Å². The van der Waals surface area contributed by atoms with Gasteiger partial charge in [-0.15, -0.1) is 0 Å². The second-order valence-electron chi connectivity index (χ2n) is 12.1. The molecule has 0 radical (unpaired) electrons. The summed E-state index contributed by atoms with van der Waals surface area (Å²) in [7, 11) is 0. The van der Waals surface area contributed by atoms with Gasteiger partial charge in [0.25, 0.3) is 0 Å². The maximum absolute atomic E-state index is 13.4. The first-order valence-corrected chi connectivity index (χ1v) is 16.2. The van der Waals surface area contributed by atoms with Gasteiger partial charge < -0.3 is 5.11 Å². The van der Waals surface area contributed by atoms with Crippen molar-refractivity contribution >= 4 is 28.9 Å². The van der Waals surface area contributed by atoms with Crippen molar-refractivity contribution in [2.45, 2.75) is 78.1 Å². The van der Waals surface area contributed by atoms with Gasteiger partial charge in [-0.1, -0.05) is 97.8 Å². The number of carboxylic acids is 1. The van der Waals surface area contributed by atoms with Gasteiger partial charge in [0.05, 0.1) is 6.42 Å². The zero-order valence-corrected chi connectivity index (χ0v) is 26.7. The highest BCUT2D eigenvalue weighted by atomic mass is 35.5. The third kappa shape index (κ3) is 7.22. The molecule has 0 heterocycles. The summed E-state index contributed by atoms with van der Waals surface area (Å²) in [5, 5.41) is 9.94. The summed E-state index contributed by atoms with van der Waals surface area (Å²) >= 11 is 6.83. The van der Waals surface area contributed by atoms with Crippen LogP contribution in [-0.2, 0) is 22.4 Å². The van der Waals surface area contributed by atoms with Gasteiger partial charge >= 0.3 is 5.97 Å². The standard InChI is InChI=1S/C40H41ClO3/c1-4-9-39(42)35(15-7-10-28-17-16-26(2)32(23-28)24-40(43)44)36-25-37(38(41)22-27(36)3)31-20-18-30(19-21-31)34-14-6-5-13-33(34)29-11-8-12-29/h5-6,13-23,25,29H,4,7-12,24H2,1-3H3,(H,43,44)/b35-15-. The Kier molecular flexibility index (Phi) is 10.2. The fourth-order valence-electron chi connectivity index (χ4n) is 6.20. The summed E-state index contributed by atoms with van der Waals surface area (Å²) in [6.45, 7) is 5.97. The number of hydrogen-bond acceptors (Lipinski definition) is 2. The van der Waals surface area contributed by atoms with E-state index in [9.17, 15) is 14.7 Å². The molecule has 1 saturated carbocycles. The molecule has 0 unspecified atom stereocenters. The van der Waals surface area contributed by atoms with Gasteiger partial charge in [-0.05, 0) is 114 Å². The Morgan fingerprint density at radius 2 is 1.59 bits per heavy atom. The van der Waals surface area contributed by atoms with Crippen LogP contribution in [0, 0.1) is 13.8 Å². The van der Waals surface area contributed by atoms with Crippen LogP contribution in [-0.4, -0.2) is 16.9 Å². The van der Waals surface area contributed by atoms with Crippen molar-refractivity contribution in [3.05, 3.63) is 123 Å². The van der Waals surface area contributed by atoms with Gasteiger partial charge in [0, 0.05) is 22.6 Å². The van der Waals surface area contributed by atoms with Crippen LogP contribution in [0.3, 0.4) is 0 Å². The molecule has 4 heteroatoms. The smallest absolute Gasteiger partial charge is 0.307 e. The van der Waals surface area contributed by atoms with Crippen LogP contribution in [0.2, 0.25) is 5.02 Å². The van der Waals surface area contributed by atoms with Crippen molar-refractivity contribution in [1.82, 2.24) is 0 Å². The van der Waals surface area contributed by atoms with E-state index in [0.29, 0.717) is 23.8 Å². The lowest BCUT2D eigenvalue weighted by atomic mass is 9.77. The molecule has 0 spiro atoms. The lowest BCUT2D eigenvalue weighted by Gasteiger charge is -2.28. The number of ketones is 1. The average molecular weight is 605 g/mol. The third-order valence-corrected chi connectivity index (χ3v) is 9.24. The lowest BCUT2D eigenvalue weighted by molar-refractivity contribution is -0.136. The Bertz CT molecular complexity index is 1690. The minimum Gasteiger partial charge on any atom is -0.481 e. The van der Waals surface area contributed by atoms with Crippen LogP contribution in [0.15, 0.2) is 84.9 Å². The zero-order chi connectivity index (χ0) is 31.2. The number of halogens is 1. The number of carbonyl (C=O) groups is 2. The molecule has 5 rings (SSSR count). The molecule has 44 heavy (non-hydrogen) atoms. The topological polar surface area (TPSA) is 54.4 Å². The normalized spacial score (nSPS) is 13.5. The molecular weight excluding hydrogens is 564 g/mol. The highest BCUT2D eigenvalue weighted by Crippen LogP contribution is 2.42. The number of allylic oxidation sites excluding steroid dienone is 2. The van der Waals surface area contributed by atoms with Gasteiger partial charge in [0.1, 0.15) is 0 Å². The molecule has 4 aromatic rings. The van der Waals surface area contributed by atoms with E-state index in [1.54, 1.807) is 0 Å². The highest BCUT2D eigenvalue weighted by Gasteiger charge is 2.22. The Hall–Kier alpha value is -3.95. The third-order valence-electron chi connectivity index (χ3n) is 8.93. The maximum atomic E-state index is 13.4. The van der Waals surface area contributed by atoms with Crippen LogP contribution in [0.5, 0.6) is 0 Å². The molecule has 0 aliphatic heterocycles. The SMILES string of the molecule is CCCC(=O)/C(=C\CCc1ccc(C)c(CC(=O)O)c1)c1cc(-c2ccc(-c3ccccc3C3CCC3)cc2)c(Cl)cc1C. The molecule has 1 aliphatic carbocycles. The van der Waals surface area contributed by atoms with Crippen molar-refractivity contribution in [1.29, 1.82) is 0 Å². The maximum Gasteiger partial charge on any atom is 0.307 e. The van der Waals surface area contributed by atoms with Gasteiger partial charge in [-0.3, -0.25) is 9.59 Å². The summed E-state index contributed by atoms with van der Waals surface area (Å²) in [6, 6.07) is 27.4. The Balaban J connectivity index is 1.44. The number of Topliss-reactive ketones (excluding diaryl/α,β-unsaturated/α-hetero) is 1. The molecule has 0 amide bonds. The number of carboxylic acid groups (broad SMARTS) is 1. The van der Waals surface area contributed by atoms with Crippen LogP contribution in [0.25, 0.3) is 27.8 Å². The summed E-state index contributed by atoms with van der Waals surface area (Å²) < 4.78 is 0. The van der Waals surface area contributed by atoms with Gasteiger partial charge in [-0.25, -0.2) is 0 Å². The van der Waals surface area contributed by atoms with Crippen LogP contribution in [0.1, 0.15) is 84.7 Å². The molecule has 1 N–H and O–H groups in total. The van der Waals surface area contributed by atoms with E-state index in [1.807, 2.05) is 45.0 Å². The number of carbonyl (C=O) groups excluding carboxylic acids is 1. The monoisotopic (exact) mass is 604 g/mol. The quantitative estimate of drug-likeness (QED) is 0.164. The van der Waals surface area contributed by atoms with E-state index in [0.717, 1.165) is 57.4 Å². The van der Waals surface area contributed by atoms with Gasteiger partial charge in [0.15, 0.2) is 5.78 Å². The molecule has 3 nitrogen and oxygen atoms in total. The van der Waals surface area contributed by atoms with Crippen molar-refractivity contribution in [2.24, 2.45) is 0 Å². The van der Waals surface area contributed by atoms with Crippen molar-refractivity contribution in [2.75, 3.05) is 0 Å². The van der Waals surface area contributed by atoms with Crippen molar-refractivity contribution < 1.29 is 14.7 Å². The molecule has 226 valence electrons. The summed E-state index contributed by atoms with van der Waals surface area (Å²) in [6.07, 6.45) is 8.54. The number of rotatable bonds is 12. The average Bonchev–Trinajstić information content (AvgIpc) is 2.97. The first-order chi connectivity index (χ1) is 21.2. The number of hydrogen-bond donors (Lipinski definition) is 1.